The topological polar surface area (TPSA) is 81.9 Å². The molecule has 0 aliphatic carbocycles. The van der Waals surface area contributed by atoms with E-state index in [-0.39, 0.29) is 6.04 Å². The van der Waals surface area contributed by atoms with Gasteiger partial charge in [0.2, 0.25) is 0 Å². The first kappa shape index (κ1) is 11.6. The van der Waals surface area contributed by atoms with Gasteiger partial charge in [0.05, 0.1) is 12.2 Å². The lowest BCUT2D eigenvalue weighted by Crippen LogP contribution is -2.30. The molecule has 2 rings (SSSR count). The largest absolute Gasteiger partial charge is 0.384 e. The van der Waals surface area contributed by atoms with Crippen LogP contribution in [0.2, 0.25) is 0 Å². The number of aryl methyl sites for hydroxylation is 1. The summed E-state index contributed by atoms with van der Waals surface area (Å²) in [7, 11) is 1.81. The first-order chi connectivity index (χ1) is 8.22. The van der Waals surface area contributed by atoms with Gasteiger partial charge in [-0.1, -0.05) is 30.3 Å². The number of nitrogen functional groups attached to an aromatic ring is 1. The summed E-state index contributed by atoms with van der Waals surface area (Å²) in [5, 5.41) is 4.12. The number of nitrogens with zero attached hydrogens (tertiary/aromatic N) is 2. The van der Waals surface area contributed by atoms with Crippen molar-refractivity contribution < 1.29 is 0 Å². The number of hydrogen-bond donors (Lipinski definition) is 3. The average molecular weight is 231 g/mol. The molecular formula is C12H17N5. The van der Waals surface area contributed by atoms with Crippen LogP contribution in [-0.2, 0) is 13.5 Å². The second-order valence-corrected chi connectivity index (χ2v) is 4.02. The molecule has 1 aromatic carbocycles. The maximum Gasteiger partial charge on any atom is 0.126 e. The number of aromatic nitrogens is 2. The Balaban J connectivity index is 2.20. The van der Waals surface area contributed by atoms with Crippen LogP contribution in [0.5, 0.6) is 0 Å². The SMILES string of the molecule is Cn1ncc(C(Cc2ccccc2)NN)c1N. The number of nitrogens with two attached hydrogens (primary N) is 2. The summed E-state index contributed by atoms with van der Waals surface area (Å²) in [5.74, 6) is 6.23. The maximum atomic E-state index is 5.94. The standard InChI is InChI=1S/C12H17N5/c1-17-12(13)10(8-15-17)11(16-14)7-9-5-3-2-4-6-9/h2-6,8,11,16H,7,13-14H2,1H3. The molecule has 5 N–H and O–H groups in total. The van der Waals surface area contributed by atoms with Crippen LogP contribution in [0.4, 0.5) is 5.82 Å². The molecule has 90 valence electrons. The van der Waals surface area contributed by atoms with Crippen LogP contribution in [0, 0.1) is 0 Å². The third-order valence-electron chi connectivity index (χ3n) is 2.87. The van der Waals surface area contributed by atoms with Crippen molar-refractivity contribution in [1.29, 1.82) is 0 Å². The molecule has 5 nitrogen and oxygen atoms in total. The predicted octanol–water partition coefficient (Wildman–Crippen LogP) is 0.749. The molecule has 0 amide bonds. The molecular weight excluding hydrogens is 214 g/mol. The highest BCUT2D eigenvalue weighted by molar-refractivity contribution is 5.41. The van der Waals surface area contributed by atoms with Gasteiger partial charge in [0.15, 0.2) is 0 Å². The lowest BCUT2D eigenvalue weighted by atomic mass is 10.0. The van der Waals surface area contributed by atoms with Crippen LogP contribution in [0.3, 0.4) is 0 Å². The van der Waals surface area contributed by atoms with Crippen LogP contribution < -0.4 is 17.0 Å². The molecule has 1 aromatic heterocycles. The van der Waals surface area contributed by atoms with E-state index in [2.05, 4.69) is 22.7 Å². The molecule has 0 saturated carbocycles. The maximum absolute atomic E-state index is 5.94. The summed E-state index contributed by atoms with van der Waals surface area (Å²) in [6.07, 6.45) is 2.54. The third kappa shape index (κ3) is 2.46. The van der Waals surface area contributed by atoms with E-state index in [0.29, 0.717) is 5.82 Å². The summed E-state index contributed by atoms with van der Waals surface area (Å²) >= 11 is 0. The minimum atomic E-state index is -0.0221. The van der Waals surface area contributed by atoms with Gasteiger partial charge in [-0.25, -0.2) is 0 Å². The molecule has 17 heavy (non-hydrogen) atoms. The van der Waals surface area contributed by atoms with Gasteiger partial charge in [0.1, 0.15) is 5.82 Å². The third-order valence-corrected chi connectivity index (χ3v) is 2.87. The van der Waals surface area contributed by atoms with Crippen molar-refractivity contribution in [3.8, 4) is 0 Å². The van der Waals surface area contributed by atoms with Gasteiger partial charge in [-0.2, -0.15) is 5.10 Å². The average Bonchev–Trinajstić information content (AvgIpc) is 2.69. The van der Waals surface area contributed by atoms with Gasteiger partial charge < -0.3 is 5.73 Å². The monoisotopic (exact) mass is 231 g/mol. The minimum absolute atomic E-state index is 0.0221. The lowest BCUT2D eigenvalue weighted by molar-refractivity contribution is 0.553. The van der Waals surface area contributed by atoms with E-state index in [1.54, 1.807) is 10.9 Å². The number of hydrazine groups is 1. The van der Waals surface area contributed by atoms with E-state index in [1.165, 1.54) is 5.56 Å². The van der Waals surface area contributed by atoms with E-state index in [0.717, 1.165) is 12.0 Å². The lowest BCUT2D eigenvalue weighted by Gasteiger charge is -2.15. The van der Waals surface area contributed by atoms with Gasteiger partial charge in [-0.3, -0.25) is 16.0 Å². The Morgan fingerprint density at radius 1 is 1.35 bits per heavy atom. The molecule has 1 unspecified atom stereocenters. The molecule has 1 heterocycles. The highest BCUT2D eigenvalue weighted by Crippen LogP contribution is 2.22. The Hall–Kier alpha value is -1.85. The van der Waals surface area contributed by atoms with Gasteiger partial charge in [-0.15, -0.1) is 0 Å². The van der Waals surface area contributed by atoms with Crippen molar-refractivity contribution in [2.24, 2.45) is 12.9 Å². The van der Waals surface area contributed by atoms with E-state index in [4.69, 9.17) is 11.6 Å². The quantitative estimate of drug-likeness (QED) is 0.535. The molecule has 0 aliphatic heterocycles. The fourth-order valence-corrected chi connectivity index (χ4v) is 1.84. The van der Waals surface area contributed by atoms with E-state index < -0.39 is 0 Å². The molecule has 1 atom stereocenters. The Morgan fingerprint density at radius 2 is 2.06 bits per heavy atom. The molecule has 0 bridgehead atoms. The van der Waals surface area contributed by atoms with Crippen molar-refractivity contribution in [1.82, 2.24) is 15.2 Å². The Labute approximate surface area is 100 Å². The van der Waals surface area contributed by atoms with Crippen LogP contribution in [-0.4, -0.2) is 9.78 Å². The smallest absolute Gasteiger partial charge is 0.126 e. The minimum Gasteiger partial charge on any atom is -0.384 e. The highest BCUT2D eigenvalue weighted by atomic mass is 15.3. The Morgan fingerprint density at radius 3 is 2.59 bits per heavy atom. The fraction of sp³-hybridized carbons (Fsp3) is 0.250. The van der Waals surface area contributed by atoms with Gasteiger partial charge in [0, 0.05) is 12.6 Å². The molecule has 0 fully saturated rings. The zero-order valence-corrected chi connectivity index (χ0v) is 9.80. The molecule has 0 radical (unpaired) electrons. The zero-order chi connectivity index (χ0) is 12.3. The van der Waals surface area contributed by atoms with Crippen LogP contribution in [0.25, 0.3) is 0 Å². The number of anilines is 1. The molecule has 0 spiro atoms. The van der Waals surface area contributed by atoms with Crippen molar-refractivity contribution in [2.45, 2.75) is 12.5 Å². The van der Waals surface area contributed by atoms with E-state index >= 15 is 0 Å². The van der Waals surface area contributed by atoms with Crippen LogP contribution in [0.1, 0.15) is 17.2 Å². The number of rotatable bonds is 4. The number of hydrogen-bond acceptors (Lipinski definition) is 4. The molecule has 2 aromatic rings. The number of benzene rings is 1. The first-order valence-corrected chi connectivity index (χ1v) is 5.49. The Kier molecular flexibility index (Phi) is 3.41. The van der Waals surface area contributed by atoms with Crippen molar-refractivity contribution in [3.63, 3.8) is 0 Å². The van der Waals surface area contributed by atoms with Crippen molar-refractivity contribution >= 4 is 5.82 Å². The van der Waals surface area contributed by atoms with Gasteiger partial charge >= 0.3 is 0 Å². The molecule has 0 saturated heterocycles. The normalized spacial score (nSPS) is 12.6. The summed E-state index contributed by atoms with van der Waals surface area (Å²) in [4.78, 5) is 0. The second kappa shape index (κ2) is 4.99. The number of nitrogens with one attached hydrogen (secondary N) is 1. The second-order valence-electron chi connectivity index (χ2n) is 4.02. The zero-order valence-electron chi connectivity index (χ0n) is 9.80. The summed E-state index contributed by atoms with van der Waals surface area (Å²) in [5.41, 5.74) is 10.9. The summed E-state index contributed by atoms with van der Waals surface area (Å²) in [6.45, 7) is 0. The van der Waals surface area contributed by atoms with Crippen molar-refractivity contribution in [2.75, 3.05) is 5.73 Å². The van der Waals surface area contributed by atoms with E-state index in [9.17, 15) is 0 Å². The van der Waals surface area contributed by atoms with E-state index in [1.807, 2.05) is 25.2 Å². The first-order valence-electron chi connectivity index (χ1n) is 5.49. The van der Waals surface area contributed by atoms with Crippen LogP contribution >= 0.6 is 0 Å². The van der Waals surface area contributed by atoms with Crippen LogP contribution in [0.15, 0.2) is 36.5 Å². The molecule has 5 heteroatoms. The molecule has 0 aliphatic rings. The highest BCUT2D eigenvalue weighted by Gasteiger charge is 2.16. The van der Waals surface area contributed by atoms with Gasteiger partial charge in [0.25, 0.3) is 0 Å². The fourth-order valence-electron chi connectivity index (χ4n) is 1.84. The predicted molar refractivity (Wildman–Crippen MR) is 67.8 cm³/mol. The van der Waals surface area contributed by atoms with Crippen molar-refractivity contribution in [3.05, 3.63) is 47.7 Å². The summed E-state index contributed by atoms with van der Waals surface area (Å²) < 4.78 is 1.64. The summed E-state index contributed by atoms with van der Waals surface area (Å²) in [6, 6.07) is 10.1. The Bertz CT molecular complexity index is 477. The van der Waals surface area contributed by atoms with Gasteiger partial charge in [-0.05, 0) is 12.0 Å².